The molecule has 1 aliphatic heterocycles. The first-order valence-corrected chi connectivity index (χ1v) is 9.36. The molecule has 0 spiro atoms. The second-order valence-electron chi connectivity index (χ2n) is 6.81. The lowest BCUT2D eigenvalue weighted by atomic mass is 10.1. The molecule has 0 unspecified atom stereocenters. The molecule has 1 N–H and O–H groups in total. The minimum Gasteiger partial charge on any atom is -0.374 e. The van der Waals surface area contributed by atoms with Crippen molar-refractivity contribution in [3.05, 3.63) is 53.9 Å². The van der Waals surface area contributed by atoms with Gasteiger partial charge < -0.3 is 19.9 Å². The van der Waals surface area contributed by atoms with Gasteiger partial charge in [-0.25, -0.2) is 14.8 Å². The van der Waals surface area contributed by atoms with Gasteiger partial charge in [0.25, 0.3) is 0 Å². The highest BCUT2D eigenvalue weighted by Gasteiger charge is 2.22. The van der Waals surface area contributed by atoms with E-state index in [2.05, 4.69) is 20.2 Å². The smallest absolute Gasteiger partial charge is 0.317 e. The summed E-state index contributed by atoms with van der Waals surface area (Å²) in [6, 6.07) is 9.82. The maximum Gasteiger partial charge on any atom is 0.317 e. The SMILES string of the molecule is CC(C)OCc1ccccc1CNC(=O)N1CCN(c2ncccn2)CC1. The third-order valence-electron chi connectivity index (χ3n) is 4.52. The van der Waals surface area contributed by atoms with Crippen molar-refractivity contribution in [2.75, 3.05) is 31.1 Å². The number of carbonyl (C=O) groups excluding carboxylic acids is 1. The average molecular weight is 369 g/mol. The Bertz CT molecular complexity index is 730. The molecular weight excluding hydrogens is 342 g/mol. The fraction of sp³-hybridized carbons (Fsp3) is 0.450. The fourth-order valence-corrected chi connectivity index (χ4v) is 2.97. The molecule has 0 saturated carbocycles. The van der Waals surface area contributed by atoms with Crippen molar-refractivity contribution in [2.45, 2.75) is 33.1 Å². The normalized spacial score (nSPS) is 14.5. The minimum absolute atomic E-state index is 0.0387. The second-order valence-corrected chi connectivity index (χ2v) is 6.81. The summed E-state index contributed by atoms with van der Waals surface area (Å²) in [6.07, 6.45) is 3.65. The molecule has 27 heavy (non-hydrogen) atoms. The number of hydrogen-bond acceptors (Lipinski definition) is 5. The molecule has 1 aromatic carbocycles. The van der Waals surface area contributed by atoms with Gasteiger partial charge in [-0.15, -0.1) is 0 Å². The van der Waals surface area contributed by atoms with E-state index in [1.807, 2.05) is 43.0 Å². The number of nitrogens with one attached hydrogen (secondary N) is 1. The van der Waals surface area contributed by atoms with Crippen LogP contribution >= 0.6 is 0 Å². The van der Waals surface area contributed by atoms with E-state index < -0.39 is 0 Å². The van der Waals surface area contributed by atoms with Gasteiger partial charge >= 0.3 is 6.03 Å². The third kappa shape index (κ3) is 5.40. The number of urea groups is 1. The molecule has 1 aromatic heterocycles. The Balaban J connectivity index is 1.49. The molecule has 3 rings (SSSR count). The van der Waals surface area contributed by atoms with Crippen LogP contribution in [0.4, 0.5) is 10.7 Å². The van der Waals surface area contributed by atoms with E-state index in [1.54, 1.807) is 18.5 Å². The molecular formula is C20H27N5O2. The van der Waals surface area contributed by atoms with Gasteiger partial charge in [0, 0.05) is 45.1 Å². The number of piperazine rings is 1. The molecule has 1 saturated heterocycles. The highest BCUT2D eigenvalue weighted by atomic mass is 16.5. The highest BCUT2D eigenvalue weighted by molar-refractivity contribution is 5.74. The van der Waals surface area contributed by atoms with Gasteiger partial charge in [-0.1, -0.05) is 24.3 Å². The molecule has 0 radical (unpaired) electrons. The lowest BCUT2D eigenvalue weighted by Gasteiger charge is -2.34. The van der Waals surface area contributed by atoms with Crippen LogP contribution in [0.5, 0.6) is 0 Å². The van der Waals surface area contributed by atoms with Crippen LogP contribution in [0.2, 0.25) is 0 Å². The summed E-state index contributed by atoms with van der Waals surface area (Å²) in [5, 5.41) is 3.03. The van der Waals surface area contributed by atoms with Crippen LogP contribution in [0, 0.1) is 0 Å². The Morgan fingerprint density at radius 3 is 2.41 bits per heavy atom. The Morgan fingerprint density at radius 1 is 1.07 bits per heavy atom. The number of nitrogens with zero attached hydrogens (tertiary/aromatic N) is 4. The largest absolute Gasteiger partial charge is 0.374 e. The van der Waals surface area contributed by atoms with Crippen molar-refractivity contribution >= 4 is 12.0 Å². The highest BCUT2D eigenvalue weighted by Crippen LogP contribution is 2.12. The first kappa shape index (κ1) is 19.1. The van der Waals surface area contributed by atoms with Crippen molar-refractivity contribution in [1.29, 1.82) is 0 Å². The van der Waals surface area contributed by atoms with Crippen LogP contribution in [0.1, 0.15) is 25.0 Å². The third-order valence-corrected chi connectivity index (χ3v) is 4.52. The summed E-state index contributed by atoms with van der Waals surface area (Å²) in [6.45, 7) is 7.86. The van der Waals surface area contributed by atoms with Crippen LogP contribution in [-0.2, 0) is 17.9 Å². The van der Waals surface area contributed by atoms with E-state index in [-0.39, 0.29) is 12.1 Å². The van der Waals surface area contributed by atoms with Gasteiger partial charge in [0.1, 0.15) is 0 Å². The van der Waals surface area contributed by atoms with Crippen LogP contribution < -0.4 is 10.2 Å². The van der Waals surface area contributed by atoms with E-state index >= 15 is 0 Å². The van der Waals surface area contributed by atoms with E-state index in [1.165, 1.54) is 0 Å². The van der Waals surface area contributed by atoms with E-state index in [4.69, 9.17) is 4.74 Å². The van der Waals surface area contributed by atoms with Crippen LogP contribution in [0.3, 0.4) is 0 Å². The maximum absolute atomic E-state index is 12.5. The maximum atomic E-state index is 12.5. The number of hydrogen-bond donors (Lipinski definition) is 1. The van der Waals surface area contributed by atoms with E-state index in [0.29, 0.717) is 26.2 Å². The second kappa shape index (κ2) is 9.32. The van der Waals surface area contributed by atoms with Gasteiger partial charge in [-0.2, -0.15) is 0 Å². The summed E-state index contributed by atoms with van der Waals surface area (Å²) in [5.74, 6) is 0.719. The van der Waals surface area contributed by atoms with Crippen molar-refractivity contribution in [2.24, 2.45) is 0 Å². The summed E-state index contributed by atoms with van der Waals surface area (Å²) >= 11 is 0. The fourth-order valence-electron chi connectivity index (χ4n) is 2.97. The predicted octanol–water partition coefficient (Wildman–Crippen LogP) is 2.43. The average Bonchev–Trinajstić information content (AvgIpc) is 2.72. The first-order valence-electron chi connectivity index (χ1n) is 9.36. The molecule has 1 aliphatic rings. The van der Waals surface area contributed by atoms with Gasteiger partial charge in [0.15, 0.2) is 0 Å². The zero-order chi connectivity index (χ0) is 19.1. The quantitative estimate of drug-likeness (QED) is 0.847. The summed E-state index contributed by atoms with van der Waals surface area (Å²) in [5.41, 5.74) is 2.19. The number of carbonyl (C=O) groups is 1. The topological polar surface area (TPSA) is 70.6 Å². The first-order chi connectivity index (χ1) is 13.1. The van der Waals surface area contributed by atoms with Gasteiger partial charge in [0.05, 0.1) is 12.7 Å². The zero-order valence-electron chi connectivity index (χ0n) is 16.0. The van der Waals surface area contributed by atoms with Gasteiger partial charge in [-0.3, -0.25) is 0 Å². The molecule has 7 nitrogen and oxygen atoms in total. The number of rotatable bonds is 6. The Hall–Kier alpha value is -2.67. The molecule has 0 bridgehead atoms. The number of benzene rings is 1. The molecule has 2 heterocycles. The van der Waals surface area contributed by atoms with Gasteiger partial charge in [-0.05, 0) is 31.0 Å². The Labute approximate surface area is 160 Å². The zero-order valence-corrected chi connectivity index (χ0v) is 16.0. The number of amides is 2. The van der Waals surface area contributed by atoms with Crippen LogP contribution in [0.15, 0.2) is 42.7 Å². The predicted molar refractivity (Wildman–Crippen MR) is 104 cm³/mol. The van der Waals surface area contributed by atoms with E-state index in [9.17, 15) is 4.79 Å². The number of anilines is 1. The van der Waals surface area contributed by atoms with Crippen molar-refractivity contribution in [1.82, 2.24) is 20.2 Å². The summed E-state index contributed by atoms with van der Waals surface area (Å²) in [7, 11) is 0. The minimum atomic E-state index is -0.0387. The molecule has 0 atom stereocenters. The Morgan fingerprint density at radius 2 is 1.74 bits per heavy atom. The van der Waals surface area contributed by atoms with E-state index in [0.717, 1.165) is 30.2 Å². The monoisotopic (exact) mass is 369 g/mol. The van der Waals surface area contributed by atoms with Crippen LogP contribution in [0.25, 0.3) is 0 Å². The number of ether oxygens (including phenoxy) is 1. The lowest BCUT2D eigenvalue weighted by molar-refractivity contribution is 0.0652. The van der Waals surface area contributed by atoms with Crippen LogP contribution in [-0.4, -0.2) is 53.2 Å². The van der Waals surface area contributed by atoms with Gasteiger partial charge in [0.2, 0.25) is 5.95 Å². The molecule has 2 amide bonds. The Kier molecular flexibility index (Phi) is 6.59. The molecule has 0 aliphatic carbocycles. The number of aromatic nitrogens is 2. The molecule has 2 aromatic rings. The van der Waals surface area contributed by atoms with Crippen molar-refractivity contribution in [3.8, 4) is 0 Å². The lowest BCUT2D eigenvalue weighted by Crippen LogP contribution is -2.52. The standard InChI is InChI=1S/C20H27N5O2/c1-16(2)27-15-18-7-4-3-6-17(18)14-23-20(26)25-12-10-24(11-13-25)19-21-8-5-9-22-19/h3-9,16H,10-15H2,1-2H3,(H,23,26). The van der Waals surface area contributed by atoms with Crippen molar-refractivity contribution in [3.63, 3.8) is 0 Å². The van der Waals surface area contributed by atoms with Crippen molar-refractivity contribution < 1.29 is 9.53 Å². The molecule has 144 valence electrons. The summed E-state index contributed by atoms with van der Waals surface area (Å²) < 4.78 is 5.71. The molecule has 1 fully saturated rings. The summed E-state index contributed by atoms with van der Waals surface area (Å²) in [4.78, 5) is 25.0. The molecule has 7 heteroatoms.